The minimum atomic E-state index is 0.0132. The molecule has 0 N–H and O–H groups in total. The smallest absolute Gasteiger partial charge is 0.226 e. The molecular weight excluding hydrogens is 334 g/mol. The van der Waals surface area contributed by atoms with Gasteiger partial charge in [-0.2, -0.15) is 0 Å². The van der Waals surface area contributed by atoms with E-state index < -0.39 is 0 Å². The molecule has 0 unspecified atom stereocenters. The van der Waals surface area contributed by atoms with Crippen LogP contribution in [-0.2, 0) is 17.6 Å². The summed E-state index contributed by atoms with van der Waals surface area (Å²) >= 11 is 0. The summed E-state index contributed by atoms with van der Waals surface area (Å²) in [4.78, 5) is 25.8. The summed E-state index contributed by atoms with van der Waals surface area (Å²) < 4.78 is 0. The van der Waals surface area contributed by atoms with Crippen LogP contribution in [0.25, 0.3) is 11.1 Å². The lowest BCUT2D eigenvalue weighted by Gasteiger charge is -2.18. The number of hydrogen-bond donors (Lipinski definition) is 0. The van der Waals surface area contributed by atoms with Crippen molar-refractivity contribution in [3.05, 3.63) is 95.6 Å². The van der Waals surface area contributed by atoms with E-state index >= 15 is 0 Å². The Bertz CT molecular complexity index is 904. The average molecular weight is 357 g/mol. The predicted octanol–water partition coefficient (Wildman–Crippen LogP) is 4.41. The molecule has 3 rings (SSSR count). The van der Waals surface area contributed by atoms with Crippen molar-refractivity contribution in [1.82, 2.24) is 4.90 Å². The number of nitrogens with zero attached hydrogens (tertiary/aromatic N) is 1. The van der Waals surface area contributed by atoms with Crippen molar-refractivity contribution in [1.29, 1.82) is 0 Å². The average Bonchev–Trinajstić information content (AvgIpc) is 2.73. The third-order valence-corrected chi connectivity index (χ3v) is 4.72. The molecule has 0 saturated carbocycles. The number of carbonyl (C=O) groups excluding carboxylic acids is 2. The lowest BCUT2D eigenvalue weighted by molar-refractivity contribution is -0.129. The highest BCUT2D eigenvalue weighted by atomic mass is 16.2. The molecule has 3 heteroatoms. The van der Waals surface area contributed by atoms with E-state index in [4.69, 9.17) is 0 Å². The molecule has 3 nitrogen and oxygen atoms in total. The van der Waals surface area contributed by atoms with Gasteiger partial charge in [0, 0.05) is 19.2 Å². The van der Waals surface area contributed by atoms with Crippen molar-refractivity contribution in [2.45, 2.75) is 12.8 Å². The highest BCUT2D eigenvalue weighted by Gasteiger charge is 2.13. The second-order valence-electron chi connectivity index (χ2n) is 6.63. The van der Waals surface area contributed by atoms with Crippen molar-refractivity contribution in [2.75, 3.05) is 13.6 Å². The summed E-state index contributed by atoms with van der Waals surface area (Å²) in [6.45, 7) is 0.650. The van der Waals surface area contributed by atoms with Crippen molar-refractivity contribution in [2.24, 2.45) is 0 Å². The van der Waals surface area contributed by atoms with E-state index in [9.17, 15) is 9.59 Å². The van der Waals surface area contributed by atoms with E-state index in [1.54, 1.807) is 11.0 Å². The van der Waals surface area contributed by atoms with Crippen LogP contribution in [0.5, 0.6) is 0 Å². The van der Waals surface area contributed by atoms with E-state index in [2.05, 4.69) is 12.1 Å². The van der Waals surface area contributed by atoms with Gasteiger partial charge in [0.2, 0.25) is 5.91 Å². The second kappa shape index (κ2) is 8.95. The first kappa shape index (κ1) is 18.6. The number of rotatable bonds is 7. The van der Waals surface area contributed by atoms with Gasteiger partial charge in [0.25, 0.3) is 0 Å². The molecule has 0 fully saturated rings. The van der Waals surface area contributed by atoms with Crippen LogP contribution in [-0.4, -0.2) is 30.7 Å². The van der Waals surface area contributed by atoms with Gasteiger partial charge in [0.05, 0.1) is 6.42 Å². The lowest BCUT2D eigenvalue weighted by atomic mass is 9.97. The van der Waals surface area contributed by atoms with Gasteiger partial charge in [0.1, 0.15) is 6.29 Å². The van der Waals surface area contributed by atoms with Crippen LogP contribution >= 0.6 is 0 Å². The maximum absolute atomic E-state index is 12.7. The van der Waals surface area contributed by atoms with Gasteiger partial charge < -0.3 is 4.90 Å². The normalized spacial score (nSPS) is 10.4. The van der Waals surface area contributed by atoms with Crippen LogP contribution in [0, 0.1) is 0 Å². The highest BCUT2D eigenvalue weighted by Crippen LogP contribution is 2.22. The highest BCUT2D eigenvalue weighted by molar-refractivity contribution is 5.85. The quantitative estimate of drug-likeness (QED) is 0.587. The molecule has 136 valence electrons. The molecule has 1 amide bonds. The Labute approximate surface area is 160 Å². The molecule has 0 aliphatic heterocycles. The molecule has 0 heterocycles. The van der Waals surface area contributed by atoms with E-state index in [0.717, 1.165) is 29.4 Å². The third kappa shape index (κ3) is 4.91. The molecule has 3 aromatic carbocycles. The van der Waals surface area contributed by atoms with Crippen LogP contribution in [0.4, 0.5) is 0 Å². The first-order valence-electron chi connectivity index (χ1n) is 9.09. The topological polar surface area (TPSA) is 37.4 Å². The van der Waals surface area contributed by atoms with Gasteiger partial charge in [-0.05, 0) is 34.7 Å². The van der Waals surface area contributed by atoms with Crippen molar-refractivity contribution in [3.8, 4) is 11.1 Å². The van der Waals surface area contributed by atoms with Crippen LogP contribution in [0.1, 0.15) is 21.5 Å². The van der Waals surface area contributed by atoms with E-state index in [1.807, 2.05) is 67.7 Å². The van der Waals surface area contributed by atoms with Gasteiger partial charge in [0.15, 0.2) is 0 Å². The largest absolute Gasteiger partial charge is 0.345 e. The second-order valence-corrected chi connectivity index (χ2v) is 6.63. The zero-order chi connectivity index (χ0) is 19.1. The monoisotopic (exact) mass is 357 g/mol. The summed E-state index contributed by atoms with van der Waals surface area (Å²) in [5.74, 6) is 0.0132. The lowest BCUT2D eigenvalue weighted by Crippen LogP contribution is -2.30. The Morgan fingerprint density at radius 2 is 1.56 bits per heavy atom. The fraction of sp³-hybridized carbons (Fsp3) is 0.167. The molecule has 27 heavy (non-hydrogen) atoms. The molecule has 0 radical (unpaired) electrons. The summed E-state index contributed by atoms with van der Waals surface area (Å²) in [6.07, 6.45) is 1.86. The van der Waals surface area contributed by atoms with Gasteiger partial charge in [-0.25, -0.2) is 0 Å². The third-order valence-electron chi connectivity index (χ3n) is 4.72. The van der Waals surface area contributed by atoms with Crippen LogP contribution in [0.2, 0.25) is 0 Å². The molecule has 0 spiro atoms. The molecule has 0 aliphatic carbocycles. The van der Waals surface area contributed by atoms with Gasteiger partial charge in [-0.15, -0.1) is 0 Å². The maximum atomic E-state index is 12.7. The Kier molecular flexibility index (Phi) is 6.16. The Morgan fingerprint density at radius 3 is 2.22 bits per heavy atom. The Hall–Kier alpha value is -3.20. The molecule has 0 bridgehead atoms. The zero-order valence-electron chi connectivity index (χ0n) is 15.5. The fourth-order valence-electron chi connectivity index (χ4n) is 3.05. The van der Waals surface area contributed by atoms with Crippen molar-refractivity contribution in [3.63, 3.8) is 0 Å². The Balaban J connectivity index is 1.71. The minimum absolute atomic E-state index is 0.0132. The molecule has 3 aromatic rings. The maximum Gasteiger partial charge on any atom is 0.226 e. The van der Waals surface area contributed by atoms with Crippen molar-refractivity contribution < 1.29 is 9.59 Å². The van der Waals surface area contributed by atoms with Crippen LogP contribution in [0.15, 0.2) is 78.9 Å². The van der Waals surface area contributed by atoms with E-state index in [0.29, 0.717) is 12.1 Å². The molecule has 0 aliphatic rings. The number of likely N-dealkylation sites (N-methyl/N-ethyl adjacent to an activating group) is 1. The summed E-state index contributed by atoms with van der Waals surface area (Å²) in [5.41, 5.74) is 4.62. The van der Waals surface area contributed by atoms with Crippen molar-refractivity contribution >= 4 is 12.2 Å². The standard InChI is InChI=1S/C24H23NO2/c1-25(15-14-19-8-4-2-5-9-19)24(27)17-23-16-21(12-13-22(23)18-26)20-10-6-3-7-11-20/h2-13,16,18H,14-15,17H2,1H3. The first-order chi connectivity index (χ1) is 13.2. The minimum Gasteiger partial charge on any atom is -0.345 e. The number of amides is 1. The first-order valence-corrected chi connectivity index (χ1v) is 9.09. The zero-order valence-corrected chi connectivity index (χ0v) is 15.5. The van der Waals surface area contributed by atoms with Crippen LogP contribution < -0.4 is 0 Å². The molecule has 0 saturated heterocycles. The van der Waals surface area contributed by atoms with Gasteiger partial charge >= 0.3 is 0 Å². The fourth-order valence-corrected chi connectivity index (χ4v) is 3.05. The number of hydrogen-bond acceptors (Lipinski definition) is 2. The SMILES string of the molecule is CN(CCc1ccccc1)C(=O)Cc1cc(-c2ccccc2)ccc1C=O. The van der Waals surface area contributed by atoms with Gasteiger partial charge in [-0.1, -0.05) is 72.8 Å². The summed E-state index contributed by atoms with van der Waals surface area (Å²) in [5, 5.41) is 0. The summed E-state index contributed by atoms with van der Waals surface area (Å²) in [7, 11) is 1.81. The van der Waals surface area contributed by atoms with Crippen LogP contribution in [0.3, 0.4) is 0 Å². The van der Waals surface area contributed by atoms with E-state index in [-0.39, 0.29) is 12.3 Å². The number of benzene rings is 3. The molecular formula is C24H23NO2. The summed E-state index contributed by atoms with van der Waals surface area (Å²) in [6, 6.07) is 25.7. The molecule has 0 aromatic heterocycles. The van der Waals surface area contributed by atoms with E-state index in [1.165, 1.54) is 5.56 Å². The number of carbonyl (C=O) groups is 2. The number of aldehydes is 1. The molecule has 0 atom stereocenters. The Morgan fingerprint density at radius 1 is 0.889 bits per heavy atom. The van der Waals surface area contributed by atoms with Gasteiger partial charge in [-0.3, -0.25) is 9.59 Å². The predicted molar refractivity (Wildman–Crippen MR) is 109 cm³/mol.